The van der Waals surface area contributed by atoms with Crippen molar-refractivity contribution in [1.82, 2.24) is 19.8 Å². The van der Waals surface area contributed by atoms with E-state index in [0.29, 0.717) is 52.2 Å². The molecule has 350 valence electrons. The molecule has 6 aromatic rings. The molecule has 4 aromatic carbocycles. The monoisotopic (exact) mass is 1050 g/mol. The minimum Gasteiger partial charge on any atom is -0.482 e. The maximum atomic E-state index is 14.0. The average molecular weight is 1060 g/mol. The second-order valence-corrected chi connectivity index (χ2v) is 19.9. The zero-order chi connectivity index (χ0) is 47.5. The van der Waals surface area contributed by atoms with Crippen LogP contribution in [0.5, 0.6) is 11.5 Å². The number of rotatable bonds is 2. The van der Waals surface area contributed by atoms with Gasteiger partial charge in [0.05, 0.1) is 9.79 Å². The predicted molar refractivity (Wildman–Crippen MR) is 263 cm³/mol. The number of alkyl halides is 1. The highest BCUT2D eigenvalue weighted by Crippen LogP contribution is 2.38. The SMILES string of the molecule is C.CI.C[C@H]1Oc2cc(cnc2N)-c2cc(S(C)(=O)=O)ccc2CN(C)C(=O)c2ccc(F)cc21.C[C@H]1Oc2cc(cnc2N)-c2cc(S(C)(=O)=O)ccc2CN(C)Cc2ccc(F)cc21. The van der Waals surface area contributed by atoms with Crippen molar-refractivity contribution in [3.05, 3.63) is 142 Å². The van der Waals surface area contributed by atoms with Gasteiger partial charge in [0.25, 0.3) is 5.91 Å². The average Bonchev–Trinajstić information content (AvgIpc) is 3.25. The van der Waals surface area contributed by atoms with E-state index in [-0.39, 0.29) is 52.9 Å². The standard InChI is InChI=1S/C23H22FN3O4S.C23H24FN3O3S.CH3I.CH4/c1-13-19-9-16(24)5-7-18(19)23(28)27(2)12-14-4-6-17(32(3,29)30)10-20(14)15-8-21(31-13)22(25)26-11-15;1-14-20-9-18(24)6-4-15(20)12-27(2)13-16-5-7-19(31(3,28)29)10-21(16)17-8-22(30-14)23(25)26-11-17;1-2;/h4-11,13H,12H2,1-3H3,(H2,25,26);4-11,14H,12-13H2,1-3H3,(H2,25,26);1H3;1H4/t13-;14-;;/m11../s1. The van der Waals surface area contributed by atoms with Crippen LogP contribution in [0.3, 0.4) is 0 Å². The van der Waals surface area contributed by atoms with Crippen molar-refractivity contribution in [3.63, 3.8) is 0 Å². The van der Waals surface area contributed by atoms with E-state index in [2.05, 4.69) is 37.5 Å². The predicted octanol–water partition coefficient (Wildman–Crippen LogP) is 9.25. The van der Waals surface area contributed by atoms with Crippen LogP contribution in [-0.4, -0.2) is 74.0 Å². The summed E-state index contributed by atoms with van der Waals surface area (Å²) in [6.07, 6.45) is 4.30. The molecule has 0 saturated carbocycles. The first-order valence-electron chi connectivity index (χ1n) is 20.1. The third kappa shape index (κ3) is 11.6. The number of pyridine rings is 2. The summed E-state index contributed by atoms with van der Waals surface area (Å²) in [4.78, 5) is 27.6. The number of fused-ring (bicyclic) bond motifs is 10. The molecule has 2 aliphatic heterocycles. The first kappa shape index (κ1) is 51.3. The molecular weight excluding hydrogens is 1000 g/mol. The molecular formula is C48H53F2IN6O7S2. The Morgan fingerprint density at radius 3 is 1.55 bits per heavy atom. The van der Waals surface area contributed by atoms with Crippen LogP contribution in [-0.2, 0) is 39.3 Å². The number of halogens is 3. The normalized spacial score (nSPS) is 16.0. The summed E-state index contributed by atoms with van der Waals surface area (Å²) in [5.74, 6) is -0.179. The van der Waals surface area contributed by atoms with Crippen molar-refractivity contribution in [2.24, 2.45) is 0 Å². The highest BCUT2D eigenvalue weighted by atomic mass is 127. The summed E-state index contributed by atoms with van der Waals surface area (Å²) in [7, 11) is -3.24. The van der Waals surface area contributed by atoms with Gasteiger partial charge in [0.15, 0.2) is 42.8 Å². The number of hydrogen-bond donors (Lipinski definition) is 2. The van der Waals surface area contributed by atoms with Crippen LogP contribution in [0.2, 0.25) is 0 Å². The van der Waals surface area contributed by atoms with Crippen LogP contribution in [0.4, 0.5) is 20.4 Å². The van der Waals surface area contributed by atoms with E-state index in [0.717, 1.165) is 28.5 Å². The number of nitrogens with zero attached hydrogens (tertiary/aromatic N) is 4. The fraction of sp³-hybridized carbons (Fsp3) is 0.271. The quantitative estimate of drug-likeness (QED) is 0.124. The van der Waals surface area contributed by atoms with Gasteiger partial charge in [-0.15, -0.1) is 0 Å². The van der Waals surface area contributed by atoms with Crippen molar-refractivity contribution in [2.75, 3.05) is 43.0 Å². The van der Waals surface area contributed by atoms with Gasteiger partial charge in [0.2, 0.25) is 0 Å². The smallest absolute Gasteiger partial charge is 0.254 e. The molecule has 4 N–H and O–H groups in total. The first-order chi connectivity index (χ1) is 30.7. The topological polar surface area (TPSA) is 188 Å². The Morgan fingerprint density at radius 2 is 1.05 bits per heavy atom. The number of carbonyl (C=O) groups is 1. The van der Waals surface area contributed by atoms with Crippen molar-refractivity contribution in [3.8, 4) is 33.8 Å². The fourth-order valence-electron chi connectivity index (χ4n) is 7.61. The van der Waals surface area contributed by atoms with E-state index in [1.54, 1.807) is 62.6 Å². The molecule has 2 aliphatic rings. The summed E-state index contributed by atoms with van der Waals surface area (Å²) in [6, 6.07) is 21.9. The highest BCUT2D eigenvalue weighted by Gasteiger charge is 2.26. The Balaban J connectivity index is 0.000000235. The van der Waals surface area contributed by atoms with Gasteiger partial charge in [-0.3, -0.25) is 9.69 Å². The van der Waals surface area contributed by atoms with E-state index >= 15 is 0 Å². The summed E-state index contributed by atoms with van der Waals surface area (Å²) in [6.45, 7) is 4.86. The van der Waals surface area contributed by atoms with E-state index in [4.69, 9.17) is 20.9 Å². The molecule has 0 fully saturated rings. The number of nitrogen functional groups attached to an aromatic ring is 2. The zero-order valence-corrected chi connectivity index (χ0v) is 40.6. The second kappa shape index (κ2) is 20.9. The van der Waals surface area contributed by atoms with Crippen molar-refractivity contribution < 1.29 is 39.9 Å². The number of aromatic nitrogens is 2. The maximum Gasteiger partial charge on any atom is 0.254 e. The molecule has 0 saturated heterocycles. The lowest BCUT2D eigenvalue weighted by Gasteiger charge is -2.25. The Hall–Kier alpha value is -5.70. The Bertz CT molecular complexity index is 3010. The number of anilines is 2. The molecule has 0 spiro atoms. The number of nitrogens with two attached hydrogens (primary N) is 2. The highest BCUT2D eigenvalue weighted by molar-refractivity contribution is 14.1. The maximum absolute atomic E-state index is 14.0. The Labute approximate surface area is 399 Å². The lowest BCUT2D eigenvalue weighted by atomic mass is 9.98. The lowest BCUT2D eigenvalue weighted by Crippen LogP contribution is -2.28. The molecule has 4 bridgehead atoms. The van der Waals surface area contributed by atoms with Crippen molar-refractivity contribution >= 4 is 59.8 Å². The molecule has 2 atom stereocenters. The molecule has 4 heterocycles. The molecule has 13 nitrogen and oxygen atoms in total. The molecule has 0 radical (unpaired) electrons. The van der Waals surface area contributed by atoms with Gasteiger partial charge in [-0.25, -0.2) is 35.6 Å². The van der Waals surface area contributed by atoms with E-state index < -0.39 is 37.7 Å². The fourth-order valence-corrected chi connectivity index (χ4v) is 8.90. The summed E-state index contributed by atoms with van der Waals surface area (Å²) in [5.41, 5.74) is 18.7. The van der Waals surface area contributed by atoms with Crippen LogP contribution in [0.1, 0.15) is 71.7 Å². The van der Waals surface area contributed by atoms with Crippen LogP contribution < -0.4 is 20.9 Å². The van der Waals surface area contributed by atoms with Gasteiger partial charge in [-0.2, -0.15) is 0 Å². The molecule has 8 rings (SSSR count). The van der Waals surface area contributed by atoms with Gasteiger partial charge >= 0.3 is 0 Å². The molecule has 1 amide bonds. The van der Waals surface area contributed by atoms with Gasteiger partial charge < -0.3 is 25.8 Å². The second-order valence-electron chi connectivity index (χ2n) is 15.8. The van der Waals surface area contributed by atoms with Gasteiger partial charge in [0, 0.05) is 73.8 Å². The van der Waals surface area contributed by atoms with Crippen molar-refractivity contribution in [2.45, 2.75) is 62.9 Å². The first-order valence-corrected chi connectivity index (χ1v) is 26.0. The lowest BCUT2D eigenvalue weighted by molar-refractivity contribution is 0.0780. The number of sulfone groups is 2. The van der Waals surface area contributed by atoms with Crippen LogP contribution in [0.25, 0.3) is 22.3 Å². The minimum absolute atomic E-state index is 0. The largest absolute Gasteiger partial charge is 0.482 e. The zero-order valence-electron chi connectivity index (χ0n) is 36.8. The Morgan fingerprint density at radius 1 is 0.621 bits per heavy atom. The van der Waals surface area contributed by atoms with Gasteiger partial charge in [0.1, 0.15) is 23.8 Å². The molecule has 2 aromatic heterocycles. The van der Waals surface area contributed by atoms with Crippen LogP contribution in [0.15, 0.2) is 107 Å². The summed E-state index contributed by atoms with van der Waals surface area (Å²) >= 11 is 2.15. The van der Waals surface area contributed by atoms with E-state index in [1.807, 2.05) is 25.0 Å². The number of hydrogen-bond acceptors (Lipinski definition) is 12. The molecule has 0 unspecified atom stereocenters. The number of ether oxygens (including phenoxy) is 2. The van der Waals surface area contributed by atoms with E-state index in [9.17, 15) is 30.4 Å². The van der Waals surface area contributed by atoms with Gasteiger partial charge in [-0.05, 0) is 126 Å². The number of amides is 1. The minimum atomic E-state index is -3.46. The number of benzene rings is 4. The van der Waals surface area contributed by atoms with Crippen LogP contribution in [0, 0.1) is 11.6 Å². The molecule has 18 heteroatoms. The van der Waals surface area contributed by atoms with E-state index in [1.165, 1.54) is 53.8 Å². The number of carbonyl (C=O) groups excluding carboxylic acids is 1. The summed E-state index contributed by atoms with van der Waals surface area (Å²) < 4.78 is 88.7. The third-order valence-corrected chi connectivity index (χ3v) is 13.1. The Kier molecular flexibility index (Phi) is 16.2. The third-order valence-electron chi connectivity index (χ3n) is 10.9. The molecule has 66 heavy (non-hydrogen) atoms. The van der Waals surface area contributed by atoms with Crippen LogP contribution >= 0.6 is 22.6 Å². The molecule has 0 aliphatic carbocycles. The summed E-state index contributed by atoms with van der Waals surface area (Å²) in [5, 5.41) is 0. The van der Waals surface area contributed by atoms with Gasteiger partial charge in [-0.1, -0.05) is 48.2 Å². The van der Waals surface area contributed by atoms with Crippen molar-refractivity contribution in [1.29, 1.82) is 0 Å².